The number of ketones is 1. The van der Waals surface area contributed by atoms with Crippen molar-refractivity contribution in [2.45, 2.75) is 27.7 Å². The molecular formula is C21H25ClN2O5. The van der Waals surface area contributed by atoms with Crippen molar-refractivity contribution >= 4 is 29.3 Å². The monoisotopic (exact) mass is 420 g/mol. The fraction of sp³-hybridized carbons (Fsp3) is 0.381. The van der Waals surface area contributed by atoms with E-state index in [1.807, 2.05) is 0 Å². The molecule has 1 N–H and O–H groups in total. The molecule has 7 nitrogen and oxygen atoms in total. The van der Waals surface area contributed by atoms with Crippen molar-refractivity contribution in [2.75, 3.05) is 26.3 Å². The molecule has 0 unspecified atom stereocenters. The number of halogens is 1. The topological polar surface area (TPSA) is 88.7 Å². The van der Waals surface area contributed by atoms with Gasteiger partial charge in [0.1, 0.15) is 11.4 Å². The Bertz CT molecular complexity index is 889. The van der Waals surface area contributed by atoms with Crippen LogP contribution in [0.4, 0.5) is 0 Å². The Kier molecular flexibility index (Phi) is 7.84. The van der Waals surface area contributed by atoms with E-state index in [2.05, 4.69) is 4.98 Å². The van der Waals surface area contributed by atoms with E-state index in [0.29, 0.717) is 34.1 Å². The standard InChI is InChI=1S/C21H25ClN2O5/c1-5-24(18(26)12-29-16-9-7-15(22)8-10-16)11-17(25)19-13(3)20(23-14(19)4)21(27)28-6-2/h7-10,23H,5-6,11-12H2,1-4H3. The van der Waals surface area contributed by atoms with Crippen LogP contribution in [-0.2, 0) is 9.53 Å². The molecule has 0 aliphatic carbocycles. The minimum absolute atomic E-state index is 0.110. The molecule has 0 radical (unpaired) electrons. The Labute approximate surface area is 174 Å². The maximum Gasteiger partial charge on any atom is 0.355 e. The highest BCUT2D eigenvalue weighted by Crippen LogP contribution is 2.20. The summed E-state index contributed by atoms with van der Waals surface area (Å²) in [6.07, 6.45) is 0. The predicted molar refractivity (Wildman–Crippen MR) is 110 cm³/mol. The van der Waals surface area contributed by atoms with E-state index < -0.39 is 5.97 Å². The zero-order chi connectivity index (χ0) is 21.6. The number of aromatic amines is 1. The van der Waals surface area contributed by atoms with Crippen LogP contribution in [-0.4, -0.2) is 53.8 Å². The third-order valence-corrected chi connectivity index (χ3v) is 4.69. The van der Waals surface area contributed by atoms with E-state index in [4.69, 9.17) is 21.1 Å². The fourth-order valence-electron chi connectivity index (χ4n) is 2.97. The number of likely N-dealkylation sites (N-methyl/N-ethyl adjacent to an activating group) is 1. The SMILES string of the molecule is CCOC(=O)c1[nH]c(C)c(C(=O)CN(CC)C(=O)COc2ccc(Cl)cc2)c1C. The van der Waals surface area contributed by atoms with Crippen molar-refractivity contribution in [3.63, 3.8) is 0 Å². The van der Waals surface area contributed by atoms with Crippen LogP contribution >= 0.6 is 11.6 Å². The van der Waals surface area contributed by atoms with E-state index in [1.54, 1.807) is 52.0 Å². The zero-order valence-corrected chi connectivity index (χ0v) is 17.8. The van der Waals surface area contributed by atoms with Crippen molar-refractivity contribution in [1.82, 2.24) is 9.88 Å². The summed E-state index contributed by atoms with van der Waals surface area (Å²) in [6.45, 7) is 7.19. The van der Waals surface area contributed by atoms with Crippen LogP contribution in [0.5, 0.6) is 5.75 Å². The first kappa shape index (κ1) is 22.5. The van der Waals surface area contributed by atoms with Crippen molar-refractivity contribution in [1.29, 1.82) is 0 Å². The lowest BCUT2D eigenvalue weighted by Crippen LogP contribution is -2.38. The molecule has 1 heterocycles. The summed E-state index contributed by atoms with van der Waals surface area (Å²) >= 11 is 5.83. The number of nitrogens with one attached hydrogen (secondary N) is 1. The molecule has 8 heteroatoms. The van der Waals surface area contributed by atoms with Gasteiger partial charge < -0.3 is 19.4 Å². The number of esters is 1. The molecule has 1 aromatic heterocycles. The Morgan fingerprint density at radius 2 is 1.76 bits per heavy atom. The van der Waals surface area contributed by atoms with Gasteiger partial charge in [0, 0.05) is 22.8 Å². The van der Waals surface area contributed by atoms with Crippen LogP contribution in [0, 0.1) is 13.8 Å². The summed E-state index contributed by atoms with van der Waals surface area (Å²) in [5, 5.41) is 0.573. The number of amides is 1. The average molecular weight is 421 g/mol. The number of benzene rings is 1. The number of rotatable bonds is 9. The quantitative estimate of drug-likeness (QED) is 0.494. The molecule has 0 spiro atoms. The minimum Gasteiger partial charge on any atom is -0.484 e. The fourth-order valence-corrected chi connectivity index (χ4v) is 3.10. The zero-order valence-electron chi connectivity index (χ0n) is 17.0. The number of hydrogen-bond donors (Lipinski definition) is 1. The highest BCUT2D eigenvalue weighted by molar-refractivity contribution is 6.30. The molecule has 1 aromatic carbocycles. The second-order valence-corrected chi connectivity index (χ2v) is 6.86. The van der Waals surface area contributed by atoms with Gasteiger partial charge in [-0.25, -0.2) is 4.79 Å². The van der Waals surface area contributed by atoms with Crippen LogP contribution in [0.3, 0.4) is 0 Å². The average Bonchev–Trinajstić information content (AvgIpc) is 2.99. The number of nitrogens with zero attached hydrogens (tertiary/aromatic N) is 1. The largest absolute Gasteiger partial charge is 0.484 e. The van der Waals surface area contributed by atoms with Gasteiger partial charge in [-0.15, -0.1) is 0 Å². The lowest BCUT2D eigenvalue weighted by atomic mass is 10.1. The number of carbonyl (C=O) groups is 3. The molecule has 2 aromatic rings. The lowest BCUT2D eigenvalue weighted by Gasteiger charge is -2.20. The maximum absolute atomic E-state index is 12.8. The van der Waals surface area contributed by atoms with Crippen LogP contribution in [0.25, 0.3) is 0 Å². The molecule has 29 heavy (non-hydrogen) atoms. The summed E-state index contributed by atoms with van der Waals surface area (Å²) in [6, 6.07) is 6.67. The number of aromatic nitrogens is 1. The maximum atomic E-state index is 12.8. The van der Waals surface area contributed by atoms with Crippen LogP contribution < -0.4 is 4.74 Å². The third kappa shape index (κ3) is 5.60. The van der Waals surface area contributed by atoms with Gasteiger partial charge in [0.2, 0.25) is 0 Å². The van der Waals surface area contributed by atoms with Crippen LogP contribution in [0.1, 0.15) is 46.0 Å². The first-order valence-electron chi connectivity index (χ1n) is 9.34. The van der Waals surface area contributed by atoms with Crippen molar-refractivity contribution in [3.05, 3.63) is 51.8 Å². The van der Waals surface area contributed by atoms with E-state index in [9.17, 15) is 14.4 Å². The molecule has 2 rings (SSSR count). The molecule has 0 saturated carbocycles. The summed E-state index contributed by atoms with van der Waals surface area (Å²) < 4.78 is 10.5. The number of ether oxygens (including phenoxy) is 2. The number of hydrogen-bond acceptors (Lipinski definition) is 5. The molecule has 0 atom stereocenters. The predicted octanol–water partition coefficient (Wildman–Crippen LogP) is 3.57. The van der Waals surface area contributed by atoms with E-state index in [0.717, 1.165) is 0 Å². The number of aryl methyl sites for hydroxylation is 1. The van der Waals surface area contributed by atoms with Gasteiger partial charge in [0.15, 0.2) is 12.4 Å². The Morgan fingerprint density at radius 1 is 1.10 bits per heavy atom. The van der Waals surface area contributed by atoms with Gasteiger partial charge in [-0.3, -0.25) is 9.59 Å². The van der Waals surface area contributed by atoms with E-state index in [-0.39, 0.29) is 37.1 Å². The third-order valence-electron chi connectivity index (χ3n) is 4.44. The Morgan fingerprint density at radius 3 is 2.34 bits per heavy atom. The minimum atomic E-state index is -0.507. The first-order valence-corrected chi connectivity index (χ1v) is 9.71. The van der Waals surface area contributed by atoms with Crippen molar-refractivity contribution < 1.29 is 23.9 Å². The Balaban J connectivity index is 2.06. The first-order chi connectivity index (χ1) is 13.8. The molecule has 0 fully saturated rings. The van der Waals surface area contributed by atoms with Crippen molar-refractivity contribution in [3.8, 4) is 5.75 Å². The van der Waals surface area contributed by atoms with Gasteiger partial charge in [-0.05, 0) is 57.5 Å². The summed E-state index contributed by atoms with van der Waals surface area (Å²) in [5.74, 6) is -0.561. The number of H-pyrrole nitrogens is 1. The summed E-state index contributed by atoms with van der Waals surface area (Å²) in [5.41, 5.74) is 1.74. The molecule has 0 aliphatic rings. The van der Waals surface area contributed by atoms with Crippen LogP contribution in [0.2, 0.25) is 5.02 Å². The van der Waals surface area contributed by atoms with Crippen molar-refractivity contribution in [2.24, 2.45) is 0 Å². The molecule has 0 bridgehead atoms. The van der Waals surface area contributed by atoms with E-state index >= 15 is 0 Å². The van der Waals surface area contributed by atoms with E-state index in [1.165, 1.54) is 4.90 Å². The van der Waals surface area contributed by atoms with Gasteiger partial charge in [-0.2, -0.15) is 0 Å². The molecule has 1 amide bonds. The molecular weight excluding hydrogens is 396 g/mol. The second kappa shape index (κ2) is 10.1. The number of carbonyl (C=O) groups excluding carboxylic acids is 3. The van der Waals surface area contributed by atoms with Gasteiger partial charge in [0.25, 0.3) is 5.91 Å². The summed E-state index contributed by atoms with van der Waals surface area (Å²) in [7, 11) is 0. The highest BCUT2D eigenvalue weighted by atomic mass is 35.5. The Hall–Kier alpha value is -2.80. The molecule has 0 saturated heterocycles. The lowest BCUT2D eigenvalue weighted by molar-refractivity contribution is -0.132. The summed E-state index contributed by atoms with van der Waals surface area (Å²) in [4.78, 5) is 41.7. The smallest absolute Gasteiger partial charge is 0.355 e. The van der Waals surface area contributed by atoms with Gasteiger partial charge in [0.05, 0.1) is 13.2 Å². The second-order valence-electron chi connectivity index (χ2n) is 6.42. The van der Waals surface area contributed by atoms with Gasteiger partial charge >= 0.3 is 5.97 Å². The number of Topliss-reactive ketones (excluding diaryl/α,β-unsaturated/α-hetero) is 1. The highest BCUT2D eigenvalue weighted by Gasteiger charge is 2.25. The molecule has 156 valence electrons. The van der Waals surface area contributed by atoms with Crippen LogP contribution in [0.15, 0.2) is 24.3 Å². The van der Waals surface area contributed by atoms with Gasteiger partial charge in [-0.1, -0.05) is 11.6 Å². The molecule has 0 aliphatic heterocycles. The normalized spacial score (nSPS) is 10.5.